The zero-order valence-electron chi connectivity index (χ0n) is 14.3. The molecule has 0 atom stereocenters. The third kappa shape index (κ3) is 4.32. The van der Waals surface area contributed by atoms with E-state index in [-0.39, 0.29) is 24.2 Å². The van der Waals surface area contributed by atoms with Gasteiger partial charge in [0.05, 0.1) is 5.41 Å². The number of ether oxygens (including phenoxy) is 1. The molecule has 1 aromatic rings. The average molecular weight is 368 g/mol. The summed E-state index contributed by atoms with van der Waals surface area (Å²) in [5, 5.41) is 2.94. The Balaban J connectivity index is 0.00000225. The van der Waals surface area contributed by atoms with Crippen LogP contribution in [0.1, 0.15) is 36.0 Å². The summed E-state index contributed by atoms with van der Waals surface area (Å²) in [6.45, 7) is 3.10. The number of nitrogens with zero attached hydrogens (tertiary/aromatic N) is 1. The number of carbonyl (C=O) groups is 2. The highest BCUT2D eigenvalue weighted by atomic mass is 35.5. The first-order chi connectivity index (χ1) is 11.6. The monoisotopic (exact) mass is 367 g/mol. The normalized spacial score (nSPS) is 19.2. The number of anilines is 1. The molecule has 0 aromatic heterocycles. The van der Waals surface area contributed by atoms with Gasteiger partial charge in [-0.25, -0.2) is 0 Å². The molecular formula is C18H26ClN3O3. The molecule has 2 saturated heterocycles. The van der Waals surface area contributed by atoms with Crippen LogP contribution in [0.15, 0.2) is 24.3 Å². The Morgan fingerprint density at radius 1 is 1.12 bits per heavy atom. The molecule has 0 spiro atoms. The zero-order chi connectivity index (χ0) is 17.0. The van der Waals surface area contributed by atoms with Crippen molar-refractivity contribution >= 4 is 29.9 Å². The predicted octanol–water partition coefficient (Wildman–Crippen LogP) is 2.04. The lowest BCUT2D eigenvalue weighted by molar-refractivity contribution is -0.130. The molecule has 2 fully saturated rings. The molecule has 2 aliphatic heterocycles. The second-order valence-electron chi connectivity index (χ2n) is 6.63. The van der Waals surface area contributed by atoms with Crippen LogP contribution < -0.4 is 11.1 Å². The van der Waals surface area contributed by atoms with E-state index < -0.39 is 5.41 Å². The molecule has 0 bridgehead atoms. The number of benzene rings is 1. The number of hydrogen-bond donors (Lipinski definition) is 2. The number of halogens is 1. The molecular weight excluding hydrogens is 342 g/mol. The van der Waals surface area contributed by atoms with E-state index in [9.17, 15) is 9.59 Å². The zero-order valence-corrected chi connectivity index (χ0v) is 15.1. The fraction of sp³-hybridized carbons (Fsp3) is 0.556. The summed E-state index contributed by atoms with van der Waals surface area (Å²) < 4.78 is 5.34. The van der Waals surface area contributed by atoms with Gasteiger partial charge in [0.15, 0.2) is 0 Å². The Bertz CT molecular complexity index is 594. The Kier molecular flexibility index (Phi) is 6.81. The summed E-state index contributed by atoms with van der Waals surface area (Å²) in [4.78, 5) is 26.8. The molecule has 0 saturated carbocycles. The van der Waals surface area contributed by atoms with Gasteiger partial charge < -0.3 is 20.7 Å². The lowest BCUT2D eigenvalue weighted by atomic mass is 9.79. The number of amides is 2. The molecule has 3 rings (SSSR count). The molecule has 0 radical (unpaired) electrons. The Hall–Kier alpha value is -1.63. The quantitative estimate of drug-likeness (QED) is 0.852. The standard InChI is InChI=1S/C18H25N3O3.ClH/c19-13-18(7-11-24-12-8-18)17(23)20-15-5-3-14(4-6-15)16(22)21-9-1-2-10-21;/h3-6H,1-2,7-13,19H2,(H,20,23);1H. The molecule has 25 heavy (non-hydrogen) atoms. The average Bonchev–Trinajstić information content (AvgIpc) is 3.17. The van der Waals surface area contributed by atoms with E-state index in [1.165, 1.54) is 0 Å². The summed E-state index contributed by atoms with van der Waals surface area (Å²) in [6.07, 6.45) is 3.43. The van der Waals surface area contributed by atoms with Gasteiger partial charge in [-0.3, -0.25) is 9.59 Å². The fourth-order valence-corrected chi connectivity index (χ4v) is 3.35. The first kappa shape index (κ1) is 19.7. The van der Waals surface area contributed by atoms with Gasteiger partial charge in [0.2, 0.25) is 5.91 Å². The lowest BCUT2D eigenvalue weighted by Gasteiger charge is -2.34. The van der Waals surface area contributed by atoms with Crippen molar-refractivity contribution in [2.24, 2.45) is 11.1 Å². The molecule has 0 aliphatic carbocycles. The SMILES string of the molecule is Cl.NCC1(C(=O)Nc2ccc(C(=O)N3CCCC3)cc2)CCOCC1. The van der Waals surface area contributed by atoms with Crippen molar-refractivity contribution in [1.29, 1.82) is 0 Å². The van der Waals surface area contributed by atoms with E-state index in [4.69, 9.17) is 10.5 Å². The third-order valence-electron chi connectivity index (χ3n) is 5.11. The van der Waals surface area contributed by atoms with E-state index in [1.807, 2.05) is 4.90 Å². The molecule has 6 nitrogen and oxygen atoms in total. The van der Waals surface area contributed by atoms with Crippen molar-refractivity contribution < 1.29 is 14.3 Å². The van der Waals surface area contributed by atoms with Crippen molar-refractivity contribution in [2.75, 3.05) is 38.2 Å². The summed E-state index contributed by atoms with van der Waals surface area (Å²) in [5.41, 5.74) is 6.66. The van der Waals surface area contributed by atoms with Crippen LogP contribution >= 0.6 is 12.4 Å². The number of nitrogens with one attached hydrogen (secondary N) is 1. The summed E-state index contributed by atoms with van der Waals surface area (Å²) >= 11 is 0. The molecule has 138 valence electrons. The maximum Gasteiger partial charge on any atom is 0.253 e. The molecule has 7 heteroatoms. The van der Waals surface area contributed by atoms with Crippen LogP contribution in [-0.2, 0) is 9.53 Å². The molecule has 2 heterocycles. The Morgan fingerprint density at radius 3 is 2.28 bits per heavy atom. The first-order valence-electron chi connectivity index (χ1n) is 8.63. The summed E-state index contributed by atoms with van der Waals surface area (Å²) in [6, 6.07) is 7.11. The van der Waals surface area contributed by atoms with Gasteiger partial charge in [0, 0.05) is 44.1 Å². The van der Waals surface area contributed by atoms with Gasteiger partial charge >= 0.3 is 0 Å². The van der Waals surface area contributed by atoms with E-state index in [0.29, 0.717) is 43.9 Å². The summed E-state index contributed by atoms with van der Waals surface area (Å²) in [7, 11) is 0. The maximum atomic E-state index is 12.6. The number of nitrogens with two attached hydrogens (primary N) is 1. The maximum absolute atomic E-state index is 12.6. The molecule has 0 unspecified atom stereocenters. The first-order valence-corrected chi connectivity index (χ1v) is 8.63. The number of hydrogen-bond acceptors (Lipinski definition) is 4. The van der Waals surface area contributed by atoms with Crippen LogP contribution in [0.4, 0.5) is 5.69 Å². The molecule has 3 N–H and O–H groups in total. The van der Waals surface area contributed by atoms with Crippen molar-refractivity contribution in [3.8, 4) is 0 Å². The van der Waals surface area contributed by atoms with Gasteiger partial charge in [-0.05, 0) is 49.9 Å². The van der Waals surface area contributed by atoms with Crippen LogP contribution in [0.3, 0.4) is 0 Å². The van der Waals surface area contributed by atoms with Crippen LogP contribution in [-0.4, -0.2) is 49.6 Å². The highest BCUT2D eigenvalue weighted by molar-refractivity contribution is 5.97. The topological polar surface area (TPSA) is 84.7 Å². The van der Waals surface area contributed by atoms with Crippen molar-refractivity contribution in [1.82, 2.24) is 4.90 Å². The van der Waals surface area contributed by atoms with E-state index in [0.717, 1.165) is 25.9 Å². The predicted molar refractivity (Wildman–Crippen MR) is 99.0 cm³/mol. The minimum absolute atomic E-state index is 0. The second kappa shape index (κ2) is 8.65. The smallest absolute Gasteiger partial charge is 0.253 e. The largest absolute Gasteiger partial charge is 0.381 e. The fourth-order valence-electron chi connectivity index (χ4n) is 3.35. The lowest BCUT2D eigenvalue weighted by Crippen LogP contribution is -2.46. The third-order valence-corrected chi connectivity index (χ3v) is 5.11. The minimum atomic E-state index is -0.553. The minimum Gasteiger partial charge on any atom is -0.381 e. The van der Waals surface area contributed by atoms with E-state index >= 15 is 0 Å². The van der Waals surface area contributed by atoms with E-state index in [1.54, 1.807) is 24.3 Å². The van der Waals surface area contributed by atoms with Crippen molar-refractivity contribution in [3.63, 3.8) is 0 Å². The highest BCUT2D eigenvalue weighted by Gasteiger charge is 2.38. The van der Waals surface area contributed by atoms with Gasteiger partial charge in [-0.1, -0.05) is 0 Å². The Morgan fingerprint density at radius 2 is 1.72 bits per heavy atom. The van der Waals surface area contributed by atoms with Crippen molar-refractivity contribution in [3.05, 3.63) is 29.8 Å². The van der Waals surface area contributed by atoms with Gasteiger partial charge in [-0.2, -0.15) is 0 Å². The molecule has 2 aliphatic rings. The van der Waals surface area contributed by atoms with Crippen LogP contribution in [0.2, 0.25) is 0 Å². The Labute approximate surface area is 154 Å². The van der Waals surface area contributed by atoms with Gasteiger partial charge in [-0.15, -0.1) is 12.4 Å². The molecule has 1 aromatic carbocycles. The number of carbonyl (C=O) groups excluding carboxylic acids is 2. The number of likely N-dealkylation sites (tertiary alicyclic amines) is 1. The summed E-state index contributed by atoms with van der Waals surface area (Å²) in [5.74, 6) is 0.000142. The van der Waals surface area contributed by atoms with Crippen LogP contribution in [0.25, 0.3) is 0 Å². The van der Waals surface area contributed by atoms with Gasteiger partial charge in [0.1, 0.15) is 0 Å². The second-order valence-corrected chi connectivity index (χ2v) is 6.63. The highest BCUT2D eigenvalue weighted by Crippen LogP contribution is 2.31. The number of rotatable bonds is 4. The molecule has 2 amide bonds. The van der Waals surface area contributed by atoms with E-state index in [2.05, 4.69) is 5.32 Å². The van der Waals surface area contributed by atoms with Crippen LogP contribution in [0, 0.1) is 5.41 Å². The van der Waals surface area contributed by atoms with Crippen molar-refractivity contribution in [2.45, 2.75) is 25.7 Å². The van der Waals surface area contributed by atoms with Crippen LogP contribution in [0.5, 0.6) is 0 Å². The van der Waals surface area contributed by atoms with Gasteiger partial charge in [0.25, 0.3) is 5.91 Å².